The average Bonchev–Trinajstić information content (AvgIpc) is 2.36. The molecule has 0 fully saturated rings. The zero-order chi connectivity index (χ0) is 18.7. The van der Waals surface area contributed by atoms with Crippen LogP contribution in [-0.4, -0.2) is 40.4 Å². The van der Waals surface area contributed by atoms with E-state index in [4.69, 9.17) is 15.6 Å². The molecule has 1 aromatic rings. The molecule has 9 heteroatoms. The Labute approximate surface area is 137 Å². The molecule has 0 saturated carbocycles. The average molecular weight is 348 g/mol. The van der Waals surface area contributed by atoms with Crippen molar-refractivity contribution in [3.05, 3.63) is 29.3 Å². The Balaban J connectivity index is 3.10. The number of halogens is 3. The number of nitrogens with two attached hydrogens (primary N) is 1. The molecular weight excluding hydrogens is 329 g/mol. The number of rotatable bonds is 4. The van der Waals surface area contributed by atoms with Gasteiger partial charge < -0.3 is 15.6 Å². The highest BCUT2D eigenvalue weighted by Crippen LogP contribution is 2.23. The summed E-state index contributed by atoms with van der Waals surface area (Å²) in [6.45, 7) is 2.50. The smallest absolute Gasteiger partial charge is 0.410 e. The van der Waals surface area contributed by atoms with Gasteiger partial charge in [-0.15, -0.1) is 0 Å². The Bertz CT molecular complexity index is 624. The molecule has 0 aliphatic carbocycles. The first-order valence-corrected chi connectivity index (χ1v) is 6.95. The molecule has 0 radical (unpaired) electrons. The number of carbonyl (C=O) groups excluding carboxylic acids is 1. The van der Waals surface area contributed by atoms with E-state index in [2.05, 4.69) is 0 Å². The number of alkyl halides is 3. The van der Waals surface area contributed by atoms with Crippen molar-refractivity contribution in [2.75, 3.05) is 12.3 Å². The molecule has 0 bridgehead atoms. The fraction of sp³-hybridized carbons (Fsp3) is 0.467. The van der Waals surface area contributed by atoms with Gasteiger partial charge in [0.05, 0.1) is 12.1 Å². The molecular formula is C15H19F3N2O4. The summed E-state index contributed by atoms with van der Waals surface area (Å²) in [7, 11) is 0. The minimum absolute atomic E-state index is 0.0794. The van der Waals surface area contributed by atoms with Gasteiger partial charge in [-0.25, -0.2) is 9.59 Å². The Morgan fingerprint density at radius 3 is 2.29 bits per heavy atom. The van der Waals surface area contributed by atoms with E-state index in [9.17, 15) is 22.8 Å². The normalized spacial score (nSPS) is 11.9. The molecule has 0 atom stereocenters. The lowest BCUT2D eigenvalue weighted by Crippen LogP contribution is -2.41. The Morgan fingerprint density at radius 2 is 1.83 bits per heavy atom. The van der Waals surface area contributed by atoms with E-state index in [1.54, 1.807) is 0 Å². The highest BCUT2D eigenvalue weighted by Gasteiger charge is 2.35. The van der Waals surface area contributed by atoms with Gasteiger partial charge in [0, 0.05) is 5.69 Å². The first-order chi connectivity index (χ1) is 10.8. The number of carboxylic acids is 1. The van der Waals surface area contributed by atoms with Gasteiger partial charge >= 0.3 is 18.2 Å². The van der Waals surface area contributed by atoms with Crippen LogP contribution in [0.2, 0.25) is 0 Å². The van der Waals surface area contributed by atoms with Crippen molar-refractivity contribution in [2.45, 2.75) is 39.1 Å². The summed E-state index contributed by atoms with van der Waals surface area (Å²) in [5.41, 5.74) is 4.72. The molecule has 1 aromatic carbocycles. The maximum absolute atomic E-state index is 12.7. The topological polar surface area (TPSA) is 92.9 Å². The maximum atomic E-state index is 12.7. The van der Waals surface area contributed by atoms with Crippen LogP contribution in [0.15, 0.2) is 18.2 Å². The molecule has 0 aromatic heterocycles. The lowest BCUT2D eigenvalue weighted by Gasteiger charge is -2.28. The number of nitrogen functional groups attached to an aromatic ring is 1. The number of anilines is 1. The van der Waals surface area contributed by atoms with Crippen LogP contribution >= 0.6 is 0 Å². The molecule has 3 N–H and O–H groups in total. The number of ether oxygens (including phenoxy) is 1. The number of carbonyl (C=O) groups is 2. The lowest BCUT2D eigenvalue weighted by atomic mass is 10.1. The highest BCUT2D eigenvalue weighted by atomic mass is 19.4. The number of aromatic carboxylic acids is 1. The van der Waals surface area contributed by atoms with E-state index in [0.29, 0.717) is 4.90 Å². The molecule has 0 heterocycles. The third kappa shape index (κ3) is 6.35. The summed E-state index contributed by atoms with van der Waals surface area (Å²) >= 11 is 0. The lowest BCUT2D eigenvalue weighted by molar-refractivity contribution is -0.145. The number of nitrogens with zero attached hydrogens (tertiary/aromatic N) is 1. The fourth-order valence-electron chi connectivity index (χ4n) is 1.81. The largest absolute Gasteiger partial charge is 0.478 e. The van der Waals surface area contributed by atoms with Crippen molar-refractivity contribution in [1.29, 1.82) is 0 Å². The van der Waals surface area contributed by atoms with Crippen molar-refractivity contribution in [3.8, 4) is 0 Å². The van der Waals surface area contributed by atoms with Crippen LogP contribution in [0.1, 0.15) is 36.7 Å². The van der Waals surface area contributed by atoms with Gasteiger partial charge in [-0.2, -0.15) is 13.2 Å². The standard InChI is InChI=1S/C15H19F3N2O4/c1-14(2,3)24-13(23)20(8-15(16,17)18)7-10-6-9(12(21)22)4-5-11(10)19/h4-6H,7-8,19H2,1-3H3,(H,21,22). The van der Waals surface area contributed by atoms with E-state index in [0.717, 1.165) is 6.07 Å². The van der Waals surface area contributed by atoms with Crippen molar-refractivity contribution in [2.24, 2.45) is 0 Å². The van der Waals surface area contributed by atoms with Gasteiger partial charge in [0.15, 0.2) is 0 Å². The molecule has 0 spiro atoms. The third-order valence-electron chi connectivity index (χ3n) is 2.77. The number of amides is 1. The molecule has 134 valence electrons. The summed E-state index contributed by atoms with van der Waals surface area (Å²) in [6.07, 6.45) is -5.81. The molecule has 0 aliphatic rings. The van der Waals surface area contributed by atoms with Crippen molar-refractivity contribution < 1.29 is 32.6 Å². The summed E-state index contributed by atoms with van der Waals surface area (Å²) < 4.78 is 43.2. The van der Waals surface area contributed by atoms with Gasteiger partial charge in [-0.1, -0.05) is 0 Å². The second-order valence-corrected chi connectivity index (χ2v) is 6.17. The summed E-state index contributed by atoms with van der Waals surface area (Å²) in [5.74, 6) is -1.25. The van der Waals surface area contributed by atoms with Crippen LogP contribution in [0.5, 0.6) is 0 Å². The molecule has 0 unspecified atom stereocenters. The van der Waals surface area contributed by atoms with Crippen LogP contribution in [0, 0.1) is 0 Å². The fourth-order valence-corrected chi connectivity index (χ4v) is 1.81. The Kier molecular flexibility index (Phi) is 5.70. The van der Waals surface area contributed by atoms with Crippen molar-refractivity contribution in [1.82, 2.24) is 4.90 Å². The highest BCUT2D eigenvalue weighted by molar-refractivity contribution is 5.88. The van der Waals surface area contributed by atoms with Crippen LogP contribution in [0.25, 0.3) is 0 Å². The summed E-state index contributed by atoms with van der Waals surface area (Å²) in [5, 5.41) is 8.96. The third-order valence-corrected chi connectivity index (χ3v) is 2.77. The van der Waals surface area contributed by atoms with Crippen LogP contribution in [0.4, 0.5) is 23.7 Å². The monoisotopic (exact) mass is 348 g/mol. The zero-order valence-corrected chi connectivity index (χ0v) is 13.5. The first kappa shape index (κ1) is 19.6. The van der Waals surface area contributed by atoms with E-state index in [1.807, 2.05) is 0 Å². The second-order valence-electron chi connectivity index (χ2n) is 6.17. The van der Waals surface area contributed by atoms with Gasteiger partial charge in [0.2, 0.25) is 0 Å². The summed E-state index contributed by atoms with van der Waals surface area (Å²) in [4.78, 5) is 23.4. The predicted octanol–water partition coefficient (Wildman–Crippen LogP) is 3.27. The molecule has 6 nitrogen and oxygen atoms in total. The summed E-state index contributed by atoms with van der Waals surface area (Å²) in [6, 6.07) is 3.62. The molecule has 1 rings (SSSR count). The quantitative estimate of drug-likeness (QED) is 0.815. The molecule has 0 saturated heterocycles. The van der Waals surface area contributed by atoms with Crippen molar-refractivity contribution in [3.63, 3.8) is 0 Å². The van der Waals surface area contributed by atoms with Crippen LogP contribution < -0.4 is 5.73 Å². The van der Waals surface area contributed by atoms with Gasteiger partial charge in [-0.3, -0.25) is 4.90 Å². The van der Waals surface area contributed by atoms with Gasteiger partial charge in [0.25, 0.3) is 0 Å². The predicted molar refractivity (Wildman–Crippen MR) is 80.5 cm³/mol. The Morgan fingerprint density at radius 1 is 1.25 bits per heavy atom. The molecule has 24 heavy (non-hydrogen) atoms. The molecule has 1 amide bonds. The maximum Gasteiger partial charge on any atom is 0.410 e. The number of hydrogen-bond donors (Lipinski definition) is 2. The van der Waals surface area contributed by atoms with E-state index >= 15 is 0 Å². The Hall–Kier alpha value is -2.45. The number of hydrogen-bond acceptors (Lipinski definition) is 4. The van der Waals surface area contributed by atoms with E-state index < -0.39 is 36.9 Å². The van der Waals surface area contributed by atoms with Gasteiger partial charge in [-0.05, 0) is 44.5 Å². The molecule has 0 aliphatic heterocycles. The minimum atomic E-state index is -4.64. The van der Waals surface area contributed by atoms with Crippen LogP contribution in [0.3, 0.4) is 0 Å². The number of carboxylic acid groups (broad SMARTS) is 1. The second kappa shape index (κ2) is 6.98. The van der Waals surface area contributed by atoms with Crippen LogP contribution in [-0.2, 0) is 11.3 Å². The van der Waals surface area contributed by atoms with Crippen molar-refractivity contribution >= 4 is 17.7 Å². The number of benzene rings is 1. The SMILES string of the molecule is CC(C)(C)OC(=O)N(Cc1cc(C(=O)O)ccc1N)CC(F)(F)F. The van der Waals surface area contributed by atoms with E-state index in [1.165, 1.54) is 32.9 Å². The first-order valence-electron chi connectivity index (χ1n) is 6.95. The van der Waals surface area contributed by atoms with E-state index in [-0.39, 0.29) is 16.8 Å². The minimum Gasteiger partial charge on any atom is -0.478 e. The zero-order valence-electron chi connectivity index (χ0n) is 13.5. The van der Waals surface area contributed by atoms with Gasteiger partial charge in [0.1, 0.15) is 12.1 Å².